The highest BCUT2D eigenvalue weighted by Crippen LogP contribution is 2.24. The Morgan fingerprint density at radius 2 is 2.07 bits per heavy atom. The average Bonchev–Trinajstić information content (AvgIpc) is 2.18. The molecule has 0 radical (unpaired) electrons. The Morgan fingerprint density at radius 1 is 1.27 bits per heavy atom. The summed E-state index contributed by atoms with van der Waals surface area (Å²) in [4.78, 5) is 4.05. The Kier molecular flexibility index (Phi) is 2.46. The van der Waals surface area contributed by atoms with Gasteiger partial charge in [-0.25, -0.2) is 4.98 Å². The number of anilines is 1. The number of benzene rings is 1. The van der Waals surface area contributed by atoms with E-state index < -0.39 is 0 Å². The molecule has 1 aromatic carbocycles. The topological polar surface area (TPSA) is 48.1 Å². The van der Waals surface area contributed by atoms with Crippen molar-refractivity contribution >= 4 is 16.6 Å². The summed E-state index contributed by atoms with van der Waals surface area (Å²) in [7, 11) is 0. The minimum absolute atomic E-state index is 0.167. The quantitative estimate of drug-likeness (QED) is 0.814. The maximum absolute atomic E-state index is 5.79. The normalized spacial score (nSPS) is 10.9. The zero-order chi connectivity index (χ0) is 10.8. The molecule has 0 saturated carbocycles. The Labute approximate surface area is 88.9 Å². The zero-order valence-electron chi connectivity index (χ0n) is 8.90. The number of nitrogens with zero attached hydrogens (tertiary/aromatic N) is 1. The number of ether oxygens (including phenoxy) is 1. The summed E-state index contributed by atoms with van der Waals surface area (Å²) < 4.78 is 5.59. The van der Waals surface area contributed by atoms with Gasteiger partial charge in [-0.1, -0.05) is 6.07 Å². The fourth-order valence-corrected chi connectivity index (χ4v) is 1.52. The van der Waals surface area contributed by atoms with Crippen molar-refractivity contribution in [3.05, 3.63) is 30.5 Å². The van der Waals surface area contributed by atoms with E-state index >= 15 is 0 Å². The lowest BCUT2D eigenvalue weighted by molar-refractivity contribution is 0.243. The molecule has 0 bridgehead atoms. The molecule has 3 nitrogen and oxygen atoms in total. The van der Waals surface area contributed by atoms with Crippen LogP contribution < -0.4 is 10.5 Å². The zero-order valence-corrected chi connectivity index (χ0v) is 8.90. The van der Waals surface area contributed by atoms with E-state index in [2.05, 4.69) is 4.98 Å². The van der Waals surface area contributed by atoms with Crippen LogP contribution in [0.15, 0.2) is 30.5 Å². The number of hydrogen-bond acceptors (Lipinski definition) is 3. The van der Waals surface area contributed by atoms with E-state index in [1.807, 2.05) is 38.1 Å². The van der Waals surface area contributed by atoms with Crippen LogP contribution in [0.1, 0.15) is 13.8 Å². The molecule has 15 heavy (non-hydrogen) atoms. The van der Waals surface area contributed by atoms with Crippen molar-refractivity contribution in [2.24, 2.45) is 0 Å². The standard InChI is InChI=1S/C12H14N2O/c1-8(2)15-10-4-3-9-5-6-14-12(13)11(9)7-10/h3-8H,1-2H3,(H2,13,14). The number of nitrogen functional groups attached to an aromatic ring is 1. The number of pyridine rings is 1. The lowest BCUT2D eigenvalue weighted by Crippen LogP contribution is -2.05. The van der Waals surface area contributed by atoms with Gasteiger partial charge in [-0.05, 0) is 37.4 Å². The SMILES string of the molecule is CC(C)Oc1ccc2ccnc(N)c2c1. The molecule has 3 heteroatoms. The first-order valence-electron chi connectivity index (χ1n) is 4.98. The van der Waals surface area contributed by atoms with Crippen molar-refractivity contribution < 1.29 is 4.74 Å². The van der Waals surface area contributed by atoms with Crippen molar-refractivity contribution in [2.45, 2.75) is 20.0 Å². The fraction of sp³-hybridized carbons (Fsp3) is 0.250. The van der Waals surface area contributed by atoms with Crippen molar-refractivity contribution in [1.82, 2.24) is 4.98 Å². The lowest BCUT2D eigenvalue weighted by atomic mass is 10.1. The third-order valence-electron chi connectivity index (χ3n) is 2.14. The molecule has 0 aliphatic heterocycles. The van der Waals surface area contributed by atoms with E-state index in [1.165, 1.54) is 0 Å². The van der Waals surface area contributed by atoms with Gasteiger partial charge in [-0.3, -0.25) is 0 Å². The first-order valence-corrected chi connectivity index (χ1v) is 4.98. The highest BCUT2D eigenvalue weighted by molar-refractivity contribution is 5.91. The second-order valence-electron chi connectivity index (χ2n) is 3.75. The number of fused-ring (bicyclic) bond motifs is 1. The van der Waals surface area contributed by atoms with E-state index in [1.54, 1.807) is 6.20 Å². The summed E-state index contributed by atoms with van der Waals surface area (Å²) in [6.45, 7) is 3.99. The third-order valence-corrected chi connectivity index (χ3v) is 2.14. The first kappa shape index (κ1) is 9.77. The average molecular weight is 202 g/mol. The van der Waals surface area contributed by atoms with Gasteiger partial charge in [-0.2, -0.15) is 0 Å². The van der Waals surface area contributed by atoms with Gasteiger partial charge in [0.25, 0.3) is 0 Å². The van der Waals surface area contributed by atoms with Crippen LogP contribution in [0.2, 0.25) is 0 Å². The molecule has 0 aliphatic rings. The Morgan fingerprint density at radius 3 is 2.80 bits per heavy atom. The van der Waals surface area contributed by atoms with Gasteiger partial charge in [0.2, 0.25) is 0 Å². The summed E-state index contributed by atoms with van der Waals surface area (Å²) in [5, 5.41) is 2.02. The van der Waals surface area contributed by atoms with Crippen LogP contribution in [0.25, 0.3) is 10.8 Å². The molecule has 2 N–H and O–H groups in total. The minimum atomic E-state index is 0.167. The van der Waals surface area contributed by atoms with Crippen LogP contribution in [-0.4, -0.2) is 11.1 Å². The molecule has 2 rings (SSSR count). The van der Waals surface area contributed by atoms with Crippen LogP contribution in [0.3, 0.4) is 0 Å². The van der Waals surface area contributed by atoms with Crippen molar-refractivity contribution in [1.29, 1.82) is 0 Å². The second-order valence-corrected chi connectivity index (χ2v) is 3.75. The smallest absolute Gasteiger partial charge is 0.131 e. The number of nitrogens with two attached hydrogens (primary N) is 1. The van der Waals surface area contributed by atoms with Crippen molar-refractivity contribution in [3.8, 4) is 5.75 Å². The maximum Gasteiger partial charge on any atom is 0.131 e. The number of hydrogen-bond donors (Lipinski definition) is 1. The predicted octanol–water partition coefficient (Wildman–Crippen LogP) is 2.60. The molecule has 2 aromatic rings. The second kappa shape index (κ2) is 3.77. The largest absolute Gasteiger partial charge is 0.491 e. The van der Waals surface area contributed by atoms with Crippen LogP contribution in [-0.2, 0) is 0 Å². The van der Waals surface area contributed by atoms with Crippen LogP contribution in [0.5, 0.6) is 5.75 Å². The van der Waals surface area contributed by atoms with Crippen LogP contribution in [0.4, 0.5) is 5.82 Å². The Balaban J connectivity index is 2.50. The molecule has 1 aromatic heterocycles. The molecule has 0 amide bonds. The van der Waals surface area contributed by atoms with E-state index in [-0.39, 0.29) is 6.10 Å². The van der Waals surface area contributed by atoms with Gasteiger partial charge in [0.15, 0.2) is 0 Å². The summed E-state index contributed by atoms with van der Waals surface area (Å²) in [5.74, 6) is 1.37. The number of rotatable bonds is 2. The van der Waals surface area contributed by atoms with Crippen molar-refractivity contribution in [2.75, 3.05) is 5.73 Å². The Hall–Kier alpha value is -1.77. The molecule has 0 unspecified atom stereocenters. The molecule has 0 aliphatic carbocycles. The first-order chi connectivity index (χ1) is 7.16. The van der Waals surface area contributed by atoms with E-state index in [0.29, 0.717) is 5.82 Å². The molecule has 78 valence electrons. The van der Waals surface area contributed by atoms with Crippen LogP contribution in [0, 0.1) is 0 Å². The maximum atomic E-state index is 5.79. The molecule has 0 fully saturated rings. The predicted molar refractivity (Wildman–Crippen MR) is 61.9 cm³/mol. The minimum Gasteiger partial charge on any atom is -0.491 e. The van der Waals surface area contributed by atoms with Crippen molar-refractivity contribution in [3.63, 3.8) is 0 Å². The molecule has 0 saturated heterocycles. The van der Waals surface area contributed by atoms with Gasteiger partial charge in [0.1, 0.15) is 11.6 Å². The van der Waals surface area contributed by atoms with E-state index in [9.17, 15) is 0 Å². The van der Waals surface area contributed by atoms with Gasteiger partial charge < -0.3 is 10.5 Å². The number of aromatic nitrogens is 1. The van der Waals surface area contributed by atoms with Gasteiger partial charge >= 0.3 is 0 Å². The van der Waals surface area contributed by atoms with Gasteiger partial charge in [-0.15, -0.1) is 0 Å². The summed E-state index contributed by atoms with van der Waals surface area (Å²) in [5.41, 5.74) is 5.79. The van der Waals surface area contributed by atoms with E-state index in [4.69, 9.17) is 10.5 Å². The molecular formula is C12H14N2O. The highest BCUT2D eigenvalue weighted by Gasteiger charge is 2.02. The Bertz CT molecular complexity index is 480. The van der Waals surface area contributed by atoms with E-state index in [0.717, 1.165) is 16.5 Å². The lowest BCUT2D eigenvalue weighted by Gasteiger charge is -2.10. The molecular weight excluding hydrogens is 188 g/mol. The van der Waals surface area contributed by atoms with Crippen LogP contribution >= 0.6 is 0 Å². The molecule has 0 spiro atoms. The summed E-state index contributed by atoms with van der Waals surface area (Å²) in [6, 6.07) is 7.80. The molecule has 0 atom stereocenters. The molecule has 1 heterocycles. The third kappa shape index (κ3) is 2.01. The van der Waals surface area contributed by atoms with Gasteiger partial charge in [0, 0.05) is 11.6 Å². The summed E-state index contributed by atoms with van der Waals surface area (Å²) >= 11 is 0. The monoisotopic (exact) mass is 202 g/mol. The highest BCUT2D eigenvalue weighted by atomic mass is 16.5. The fourth-order valence-electron chi connectivity index (χ4n) is 1.52. The summed E-state index contributed by atoms with van der Waals surface area (Å²) in [6.07, 6.45) is 1.88. The van der Waals surface area contributed by atoms with Gasteiger partial charge in [0.05, 0.1) is 6.10 Å².